The van der Waals surface area contributed by atoms with E-state index in [2.05, 4.69) is 26.6 Å². The summed E-state index contributed by atoms with van der Waals surface area (Å²) in [6.07, 6.45) is 3.40. The quantitative estimate of drug-likeness (QED) is 0.474. The summed E-state index contributed by atoms with van der Waals surface area (Å²) in [6.45, 7) is 0. The van der Waals surface area contributed by atoms with Crippen molar-refractivity contribution in [3.8, 4) is 11.3 Å². The molecule has 6 heteroatoms. The summed E-state index contributed by atoms with van der Waals surface area (Å²) in [5.74, 6) is 0.486. The second kappa shape index (κ2) is 4.50. The van der Waals surface area contributed by atoms with Crippen LogP contribution in [-0.2, 0) is 0 Å². The number of anilines is 1. The van der Waals surface area contributed by atoms with Crippen molar-refractivity contribution >= 4 is 28.3 Å². The molecule has 0 saturated heterocycles. The summed E-state index contributed by atoms with van der Waals surface area (Å²) in [6, 6.07) is 5.45. The van der Waals surface area contributed by atoms with Crippen molar-refractivity contribution in [2.45, 2.75) is 5.16 Å². The minimum Gasteiger partial charge on any atom is -0.384 e. The van der Waals surface area contributed by atoms with Gasteiger partial charge in [0, 0.05) is 18.0 Å². The summed E-state index contributed by atoms with van der Waals surface area (Å²) >= 11 is 4.00. The lowest BCUT2D eigenvalue weighted by molar-refractivity contribution is 0.974. The minimum atomic E-state index is 0.486. The fraction of sp³-hybridized carbons (Fsp3) is 0. The lowest BCUT2D eigenvalue weighted by atomic mass is 10.2. The molecular formula is C9H8N4S2. The Morgan fingerprint density at radius 1 is 1.20 bits per heavy atom. The monoisotopic (exact) mass is 236 g/mol. The zero-order valence-electron chi connectivity index (χ0n) is 7.66. The maximum Gasteiger partial charge on any atom is 0.198 e. The fourth-order valence-corrected chi connectivity index (χ4v) is 1.59. The number of pyridine rings is 1. The highest BCUT2D eigenvalue weighted by atomic mass is 33.1. The van der Waals surface area contributed by atoms with Gasteiger partial charge in [-0.3, -0.25) is 0 Å². The molecule has 76 valence electrons. The van der Waals surface area contributed by atoms with E-state index in [-0.39, 0.29) is 0 Å². The molecule has 2 aromatic rings. The van der Waals surface area contributed by atoms with Crippen molar-refractivity contribution in [2.24, 2.45) is 0 Å². The first-order valence-corrected chi connectivity index (χ1v) is 6.03. The number of hydrogen-bond acceptors (Lipinski definition) is 6. The minimum absolute atomic E-state index is 0.486. The summed E-state index contributed by atoms with van der Waals surface area (Å²) in [4.78, 5) is 12.4. The van der Waals surface area contributed by atoms with Crippen molar-refractivity contribution in [3.05, 3.63) is 30.6 Å². The Hall–Kier alpha value is -1.27. The van der Waals surface area contributed by atoms with Crippen LogP contribution in [0.5, 0.6) is 0 Å². The number of thiol groups is 1. The number of aromatic nitrogens is 3. The van der Waals surface area contributed by atoms with Crippen molar-refractivity contribution in [1.82, 2.24) is 15.0 Å². The van der Waals surface area contributed by atoms with Gasteiger partial charge in [-0.2, -0.15) is 0 Å². The molecule has 0 aliphatic carbocycles. The first kappa shape index (κ1) is 10.3. The summed E-state index contributed by atoms with van der Waals surface area (Å²) in [5.41, 5.74) is 7.19. The molecule has 0 spiro atoms. The molecule has 0 atom stereocenters. The third-order valence-electron chi connectivity index (χ3n) is 1.78. The van der Waals surface area contributed by atoms with Crippen LogP contribution in [-0.4, -0.2) is 15.0 Å². The van der Waals surface area contributed by atoms with Gasteiger partial charge in [-0.15, -0.1) is 11.7 Å². The average Bonchev–Trinajstić information content (AvgIpc) is 2.29. The van der Waals surface area contributed by atoms with Gasteiger partial charge in [-0.1, -0.05) is 6.07 Å². The van der Waals surface area contributed by atoms with Crippen LogP contribution in [0.15, 0.2) is 35.7 Å². The van der Waals surface area contributed by atoms with E-state index in [1.807, 2.05) is 12.1 Å². The van der Waals surface area contributed by atoms with Crippen LogP contribution in [0.1, 0.15) is 0 Å². The zero-order chi connectivity index (χ0) is 10.7. The maximum absolute atomic E-state index is 5.58. The number of rotatable bonds is 2. The molecule has 0 unspecified atom stereocenters. The van der Waals surface area contributed by atoms with E-state index in [0.717, 1.165) is 11.3 Å². The molecule has 4 nitrogen and oxygen atoms in total. The largest absolute Gasteiger partial charge is 0.384 e. The molecule has 0 aliphatic rings. The normalized spacial score (nSPS) is 10.2. The number of nitrogens with two attached hydrogens (primary N) is 1. The molecule has 15 heavy (non-hydrogen) atoms. The summed E-state index contributed by atoms with van der Waals surface area (Å²) in [7, 11) is 1.20. The van der Waals surface area contributed by atoms with Crippen LogP contribution >= 0.6 is 22.5 Å². The number of nitrogen functional groups attached to an aromatic ring is 1. The molecule has 0 amide bonds. The molecule has 2 heterocycles. The fourth-order valence-electron chi connectivity index (χ4n) is 1.11. The van der Waals surface area contributed by atoms with Crippen LogP contribution in [0.3, 0.4) is 0 Å². The smallest absolute Gasteiger partial charge is 0.198 e. The van der Waals surface area contributed by atoms with E-state index in [1.165, 1.54) is 10.8 Å². The molecule has 0 aromatic carbocycles. The van der Waals surface area contributed by atoms with Gasteiger partial charge in [0.2, 0.25) is 0 Å². The van der Waals surface area contributed by atoms with E-state index in [4.69, 9.17) is 5.73 Å². The van der Waals surface area contributed by atoms with Crippen molar-refractivity contribution in [1.29, 1.82) is 0 Å². The van der Waals surface area contributed by atoms with E-state index in [1.54, 1.807) is 18.5 Å². The molecule has 0 fully saturated rings. The van der Waals surface area contributed by atoms with Gasteiger partial charge in [0.15, 0.2) is 5.16 Å². The van der Waals surface area contributed by atoms with Crippen LogP contribution in [0.4, 0.5) is 5.82 Å². The van der Waals surface area contributed by atoms with Crippen molar-refractivity contribution in [3.63, 3.8) is 0 Å². The third-order valence-corrected chi connectivity index (χ3v) is 2.64. The predicted octanol–water partition coefficient (Wildman–Crippen LogP) is 2.06. The van der Waals surface area contributed by atoms with Gasteiger partial charge >= 0.3 is 0 Å². The maximum atomic E-state index is 5.58. The van der Waals surface area contributed by atoms with Crippen LogP contribution in [0.2, 0.25) is 0 Å². The van der Waals surface area contributed by atoms with E-state index in [0.29, 0.717) is 11.0 Å². The Morgan fingerprint density at radius 3 is 2.53 bits per heavy atom. The highest BCUT2D eigenvalue weighted by Gasteiger charge is 2.01. The molecule has 0 saturated carbocycles. The van der Waals surface area contributed by atoms with Gasteiger partial charge in [0.25, 0.3) is 0 Å². The zero-order valence-corrected chi connectivity index (χ0v) is 9.37. The molecule has 2 aromatic heterocycles. The molecule has 2 rings (SSSR count). The molecule has 2 N–H and O–H groups in total. The Bertz CT molecular complexity index is 458. The summed E-state index contributed by atoms with van der Waals surface area (Å²) in [5, 5.41) is 0.617. The van der Waals surface area contributed by atoms with Gasteiger partial charge in [-0.05, 0) is 22.9 Å². The van der Waals surface area contributed by atoms with Gasteiger partial charge in [0.1, 0.15) is 5.82 Å². The van der Waals surface area contributed by atoms with Crippen LogP contribution < -0.4 is 5.73 Å². The van der Waals surface area contributed by atoms with Crippen LogP contribution in [0, 0.1) is 0 Å². The standard InChI is InChI=1S/C9H8N4S2/c10-8-3-1-2-7(13-8)6-4-11-9(15-14)12-5-6/h1-5,14H,(H2,10,13). The Labute approximate surface area is 96.2 Å². The second-order valence-electron chi connectivity index (χ2n) is 2.79. The van der Waals surface area contributed by atoms with E-state index < -0.39 is 0 Å². The lowest BCUT2D eigenvalue weighted by Gasteiger charge is -2.01. The van der Waals surface area contributed by atoms with Crippen molar-refractivity contribution in [2.75, 3.05) is 5.73 Å². The second-order valence-corrected chi connectivity index (χ2v) is 3.89. The van der Waals surface area contributed by atoms with E-state index >= 15 is 0 Å². The van der Waals surface area contributed by atoms with Gasteiger partial charge in [0.05, 0.1) is 5.69 Å². The predicted molar refractivity (Wildman–Crippen MR) is 64.5 cm³/mol. The summed E-state index contributed by atoms with van der Waals surface area (Å²) < 4.78 is 0. The molecular weight excluding hydrogens is 228 g/mol. The average molecular weight is 236 g/mol. The lowest BCUT2D eigenvalue weighted by Crippen LogP contribution is -1.92. The first-order chi connectivity index (χ1) is 7.29. The number of hydrogen-bond donors (Lipinski definition) is 2. The Kier molecular flexibility index (Phi) is 3.08. The van der Waals surface area contributed by atoms with Crippen molar-refractivity contribution < 1.29 is 0 Å². The first-order valence-electron chi connectivity index (χ1n) is 4.16. The highest BCUT2D eigenvalue weighted by Crippen LogP contribution is 2.20. The Morgan fingerprint density at radius 2 is 1.93 bits per heavy atom. The van der Waals surface area contributed by atoms with Crippen LogP contribution in [0.25, 0.3) is 11.3 Å². The highest BCUT2D eigenvalue weighted by molar-refractivity contribution is 8.68. The SMILES string of the molecule is Nc1cccc(-c2cnc(SS)nc2)n1. The number of nitrogens with zero attached hydrogens (tertiary/aromatic N) is 3. The third kappa shape index (κ3) is 2.40. The molecule has 0 aliphatic heterocycles. The molecule has 0 radical (unpaired) electrons. The van der Waals surface area contributed by atoms with Gasteiger partial charge < -0.3 is 5.73 Å². The Balaban J connectivity index is 2.37. The topological polar surface area (TPSA) is 64.7 Å². The van der Waals surface area contributed by atoms with E-state index in [9.17, 15) is 0 Å². The molecule has 0 bridgehead atoms. The van der Waals surface area contributed by atoms with Gasteiger partial charge in [-0.25, -0.2) is 15.0 Å².